The van der Waals surface area contributed by atoms with Crippen LogP contribution in [0, 0.1) is 6.92 Å². The van der Waals surface area contributed by atoms with E-state index in [0.29, 0.717) is 11.5 Å². The van der Waals surface area contributed by atoms with Crippen molar-refractivity contribution >= 4 is 17.1 Å². The molecule has 0 heterocycles. The summed E-state index contributed by atoms with van der Waals surface area (Å²) in [4.78, 5) is 11.6. The molecule has 0 amide bonds. The number of carboxylic acids is 1. The van der Waals surface area contributed by atoms with Gasteiger partial charge in [0, 0.05) is 11.6 Å². The Bertz CT molecular complexity index is 671. The van der Waals surface area contributed by atoms with Gasteiger partial charge in [-0.1, -0.05) is 18.2 Å². The molecular weight excluding hydrogens is 304 g/mol. The monoisotopic (exact) mass is 320 g/mol. The van der Waals surface area contributed by atoms with E-state index in [1.807, 2.05) is 31.2 Å². The molecule has 0 saturated carbocycles. The molecule has 0 radical (unpaired) electrons. The normalized spacial score (nSPS) is 11.9. The summed E-state index contributed by atoms with van der Waals surface area (Å²) in [6.45, 7) is 2.10. The third kappa shape index (κ3) is 3.93. The van der Waals surface area contributed by atoms with Crippen molar-refractivity contribution in [1.82, 2.24) is 0 Å². The van der Waals surface area contributed by atoms with E-state index in [1.165, 1.54) is 18.2 Å². The number of aromatic carboxylic acids is 1. The molecule has 0 aliphatic carbocycles. The molecule has 2 rings (SSSR count). The van der Waals surface area contributed by atoms with Gasteiger partial charge in [-0.15, -0.1) is 0 Å². The highest BCUT2D eigenvalue weighted by molar-refractivity contribution is 7.91. The summed E-state index contributed by atoms with van der Waals surface area (Å²) in [5.41, 5.74) is 0.778. The van der Waals surface area contributed by atoms with Gasteiger partial charge in [-0.3, -0.25) is 0 Å². The Balaban J connectivity index is 1.93. The average molecular weight is 320 g/mol. The maximum Gasteiger partial charge on any atom is 0.339 e. The molecule has 1 atom stereocenters. The minimum Gasteiger partial charge on any atom is -0.611 e. The summed E-state index contributed by atoms with van der Waals surface area (Å²) in [6.07, 6.45) is 0. The van der Waals surface area contributed by atoms with E-state index in [9.17, 15) is 14.5 Å². The van der Waals surface area contributed by atoms with Crippen LogP contribution in [0.5, 0.6) is 11.5 Å². The van der Waals surface area contributed by atoms with Crippen LogP contribution in [0.4, 0.5) is 0 Å². The van der Waals surface area contributed by atoms with Crippen molar-refractivity contribution in [2.24, 2.45) is 0 Å². The average Bonchev–Trinajstić information content (AvgIpc) is 2.47. The number of rotatable bonds is 6. The van der Waals surface area contributed by atoms with Gasteiger partial charge in [0.25, 0.3) is 0 Å². The van der Waals surface area contributed by atoms with E-state index in [2.05, 4.69) is 0 Å². The first-order chi connectivity index (χ1) is 10.5. The van der Waals surface area contributed by atoms with Crippen LogP contribution in [0.1, 0.15) is 15.9 Å². The van der Waals surface area contributed by atoms with Crippen LogP contribution in [0.25, 0.3) is 0 Å². The number of carbonyl (C=O) groups is 1. The largest absolute Gasteiger partial charge is 0.611 e. The van der Waals surface area contributed by atoms with Crippen molar-refractivity contribution in [3.05, 3.63) is 53.6 Å². The van der Waals surface area contributed by atoms with Gasteiger partial charge < -0.3 is 19.5 Å². The second kappa shape index (κ2) is 7.20. The van der Waals surface area contributed by atoms with Crippen molar-refractivity contribution in [2.75, 3.05) is 12.4 Å². The van der Waals surface area contributed by atoms with Gasteiger partial charge in [-0.2, -0.15) is 0 Å². The molecule has 0 aliphatic rings. The van der Waals surface area contributed by atoms with Crippen LogP contribution in [0.3, 0.4) is 0 Å². The van der Waals surface area contributed by atoms with E-state index >= 15 is 0 Å². The molecule has 6 heteroatoms. The predicted octanol–water partition coefficient (Wildman–Crippen LogP) is 2.59. The SMILES string of the molecule is Cc1ccccc1[S+]([O-])CCOc1ccc(C(=O)O)c(O)c1. The Morgan fingerprint density at radius 3 is 2.64 bits per heavy atom. The molecule has 5 nitrogen and oxygen atoms in total. The summed E-state index contributed by atoms with van der Waals surface area (Å²) in [7, 11) is 0. The molecule has 0 fully saturated rings. The fourth-order valence-corrected chi connectivity index (χ4v) is 3.05. The topological polar surface area (TPSA) is 89.8 Å². The van der Waals surface area contributed by atoms with E-state index in [1.54, 1.807) is 0 Å². The molecule has 0 aliphatic heterocycles. The number of carboxylic acid groups (broad SMARTS) is 1. The molecule has 0 aromatic heterocycles. The second-order valence-corrected chi connectivity index (χ2v) is 6.19. The lowest BCUT2D eigenvalue weighted by molar-refractivity contribution is 0.0693. The van der Waals surface area contributed by atoms with E-state index in [-0.39, 0.29) is 17.9 Å². The highest BCUT2D eigenvalue weighted by Crippen LogP contribution is 2.24. The van der Waals surface area contributed by atoms with Crippen LogP contribution >= 0.6 is 0 Å². The Morgan fingerprint density at radius 1 is 1.27 bits per heavy atom. The van der Waals surface area contributed by atoms with E-state index in [0.717, 1.165) is 10.5 Å². The van der Waals surface area contributed by atoms with Gasteiger partial charge >= 0.3 is 5.97 Å². The van der Waals surface area contributed by atoms with Gasteiger partial charge in [0.05, 0.1) is 0 Å². The van der Waals surface area contributed by atoms with E-state index in [4.69, 9.17) is 9.84 Å². The molecule has 116 valence electrons. The number of benzene rings is 2. The van der Waals surface area contributed by atoms with Crippen LogP contribution in [0.2, 0.25) is 0 Å². The Morgan fingerprint density at radius 2 is 2.00 bits per heavy atom. The van der Waals surface area contributed by atoms with Crippen molar-refractivity contribution in [3.8, 4) is 11.5 Å². The zero-order valence-electron chi connectivity index (χ0n) is 12.0. The Labute approximate surface area is 131 Å². The smallest absolute Gasteiger partial charge is 0.339 e. The summed E-state index contributed by atoms with van der Waals surface area (Å²) in [5, 5.41) is 18.4. The maximum absolute atomic E-state index is 12.2. The summed E-state index contributed by atoms with van der Waals surface area (Å²) < 4.78 is 17.6. The van der Waals surface area contributed by atoms with Crippen molar-refractivity contribution in [3.63, 3.8) is 0 Å². The molecular formula is C16H16O5S. The summed E-state index contributed by atoms with van der Waals surface area (Å²) >= 11 is -1.17. The molecule has 0 saturated heterocycles. The van der Waals surface area contributed by atoms with Crippen LogP contribution < -0.4 is 4.74 Å². The molecule has 22 heavy (non-hydrogen) atoms. The number of hydrogen-bond acceptors (Lipinski definition) is 4. The molecule has 2 N–H and O–H groups in total. The van der Waals surface area contributed by atoms with Gasteiger partial charge in [-0.25, -0.2) is 4.79 Å². The minimum atomic E-state index is -1.20. The molecule has 2 aromatic carbocycles. The summed E-state index contributed by atoms with van der Waals surface area (Å²) in [6, 6.07) is 11.4. The number of hydrogen-bond donors (Lipinski definition) is 2. The standard InChI is InChI=1S/C16H16O5S/c1-11-4-2-3-5-15(11)22(20)9-8-21-12-6-7-13(16(18)19)14(17)10-12/h2-7,10,17H,8-9H2,1H3,(H,18,19). The van der Waals surface area contributed by atoms with Gasteiger partial charge in [0.2, 0.25) is 0 Å². The third-order valence-electron chi connectivity index (χ3n) is 3.08. The first kappa shape index (κ1) is 16.2. The Hall–Kier alpha value is -2.18. The van der Waals surface area contributed by atoms with Gasteiger partial charge in [-0.05, 0) is 36.3 Å². The highest BCUT2D eigenvalue weighted by atomic mass is 32.2. The quantitative estimate of drug-likeness (QED) is 0.798. The molecule has 1 unspecified atom stereocenters. The van der Waals surface area contributed by atoms with Crippen molar-refractivity contribution in [2.45, 2.75) is 11.8 Å². The predicted molar refractivity (Wildman–Crippen MR) is 83.0 cm³/mol. The first-order valence-corrected chi connectivity index (χ1v) is 7.94. The fraction of sp³-hybridized carbons (Fsp3) is 0.188. The molecule has 2 aromatic rings. The number of aryl methyl sites for hydroxylation is 1. The first-order valence-electron chi connectivity index (χ1n) is 6.62. The van der Waals surface area contributed by atoms with E-state index < -0.39 is 17.1 Å². The lowest BCUT2D eigenvalue weighted by Crippen LogP contribution is -2.15. The number of aromatic hydroxyl groups is 1. The minimum absolute atomic E-state index is 0.184. The van der Waals surface area contributed by atoms with Crippen molar-refractivity contribution < 1.29 is 24.3 Å². The zero-order valence-corrected chi connectivity index (χ0v) is 12.8. The van der Waals surface area contributed by atoms with Gasteiger partial charge in [0.1, 0.15) is 29.4 Å². The fourth-order valence-electron chi connectivity index (χ4n) is 1.94. The second-order valence-electron chi connectivity index (χ2n) is 4.65. The lowest BCUT2D eigenvalue weighted by atomic mass is 10.2. The number of ether oxygens (including phenoxy) is 1. The maximum atomic E-state index is 12.2. The Kier molecular flexibility index (Phi) is 5.30. The number of phenols is 1. The van der Waals surface area contributed by atoms with Crippen LogP contribution in [-0.2, 0) is 11.2 Å². The lowest BCUT2D eigenvalue weighted by Gasteiger charge is -2.13. The van der Waals surface area contributed by atoms with Crippen LogP contribution in [0.15, 0.2) is 47.4 Å². The zero-order chi connectivity index (χ0) is 16.1. The van der Waals surface area contributed by atoms with Crippen LogP contribution in [-0.4, -0.2) is 33.1 Å². The highest BCUT2D eigenvalue weighted by Gasteiger charge is 2.14. The molecule has 0 bridgehead atoms. The summed E-state index contributed by atoms with van der Waals surface area (Å²) in [5.74, 6) is -0.911. The van der Waals surface area contributed by atoms with Crippen molar-refractivity contribution in [1.29, 1.82) is 0 Å². The third-order valence-corrected chi connectivity index (χ3v) is 4.56. The molecule has 0 spiro atoms. The van der Waals surface area contributed by atoms with Gasteiger partial charge in [0.15, 0.2) is 4.90 Å².